The number of fused-ring (bicyclic) bond motifs is 1. The summed E-state index contributed by atoms with van der Waals surface area (Å²) >= 11 is 0. The monoisotopic (exact) mass is 433 g/mol. The molecule has 0 spiro atoms. The Morgan fingerprint density at radius 1 is 1.29 bits per heavy atom. The van der Waals surface area contributed by atoms with E-state index < -0.39 is 12.2 Å². The molecule has 1 aliphatic rings. The highest BCUT2D eigenvalue weighted by molar-refractivity contribution is 5.76. The van der Waals surface area contributed by atoms with Crippen LogP contribution in [0.5, 0.6) is 5.75 Å². The van der Waals surface area contributed by atoms with Crippen molar-refractivity contribution in [3.8, 4) is 5.75 Å². The third kappa shape index (κ3) is 4.78. The number of para-hydroxylation sites is 1. The number of benzene rings is 1. The maximum Gasteiger partial charge on any atom is 0.280 e. The zero-order chi connectivity index (χ0) is 21.8. The van der Waals surface area contributed by atoms with Crippen LogP contribution in [-0.2, 0) is 4.79 Å². The number of ether oxygens (including phenoxy) is 1. The average molecular weight is 433 g/mol. The van der Waals surface area contributed by atoms with Gasteiger partial charge in [0.25, 0.3) is 12.2 Å². The number of carbonyl (C=O) groups is 1. The number of aromatic nitrogens is 4. The topological polar surface area (TPSA) is 72.6 Å². The van der Waals surface area contributed by atoms with Crippen LogP contribution >= 0.6 is 0 Å². The second-order valence-electron chi connectivity index (χ2n) is 7.44. The molecule has 0 N–H and O–H groups in total. The summed E-state index contributed by atoms with van der Waals surface area (Å²) in [4.78, 5) is 22.7. The summed E-state index contributed by atoms with van der Waals surface area (Å²) in [5.74, 6) is -0.335. The lowest BCUT2D eigenvalue weighted by Crippen LogP contribution is -2.39. The third-order valence-electron chi connectivity index (χ3n) is 5.34. The number of rotatable bonds is 7. The van der Waals surface area contributed by atoms with Crippen molar-refractivity contribution in [2.45, 2.75) is 38.0 Å². The molecule has 1 atom stereocenters. The van der Waals surface area contributed by atoms with Crippen LogP contribution < -0.4 is 4.74 Å². The predicted octanol–water partition coefficient (Wildman–Crippen LogP) is 3.77. The number of likely N-dealkylation sites (tertiary alicyclic amines) is 1. The van der Waals surface area contributed by atoms with Gasteiger partial charge in [0.05, 0.1) is 12.3 Å². The second kappa shape index (κ2) is 9.32. The number of hydrogen-bond acceptors (Lipinski definition) is 5. The van der Waals surface area contributed by atoms with Crippen LogP contribution in [0.25, 0.3) is 5.78 Å². The Balaban J connectivity index is 1.35. The van der Waals surface area contributed by atoms with Gasteiger partial charge in [-0.05, 0) is 37.5 Å². The number of amides is 1. The molecule has 1 unspecified atom stereocenters. The molecule has 1 fully saturated rings. The zero-order valence-electron chi connectivity index (χ0n) is 16.8. The summed E-state index contributed by atoms with van der Waals surface area (Å²) in [5.41, 5.74) is 0.238. The molecule has 3 aromatic rings. The van der Waals surface area contributed by atoms with Gasteiger partial charge in [0.15, 0.2) is 11.6 Å². The van der Waals surface area contributed by atoms with Gasteiger partial charge >= 0.3 is 0 Å². The van der Waals surface area contributed by atoms with E-state index in [-0.39, 0.29) is 42.1 Å². The van der Waals surface area contributed by atoms with Crippen molar-refractivity contribution in [2.24, 2.45) is 0 Å². The van der Waals surface area contributed by atoms with Gasteiger partial charge in [0, 0.05) is 25.4 Å². The molecule has 31 heavy (non-hydrogen) atoms. The van der Waals surface area contributed by atoms with Gasteiger partial charge in [0.1, 0.15) is 12.0 Å². The highest BCUT2D eigenvalue weighted by Crippen LogP contribution is 2.29. The quantitative estimate of drug-likeness (QED) is 0.531. The minimum absolute atomic E-state index is 0.0422. The first-order chi connectivity index (χ1) is 15.0. The fourth-order valence-electron chi connectivity index (χ4n) is 3.79. The molecule has 1 aliphatic heterocycles. The molecule has 10 heteroatoms. The number of piperidine rings is 1. The molecular formula is C21H22F3N5O2. The molecule has 4 rings (SSSR count). The van der Waals surface area contributed by atoms with E-state index in [1.54, 1.807) is 23.1 Å². The molecule has 0 radical (unpaired) electrons. The van der Waals surface area contributed by atoms with Gasteiger partial charge in [-0.3, -0.25) is 4.79 Å². The van der Waals surface area contributed by atoms with Crippen LogP contribution in [0.2, 0.25) is 0 Å². The first-order valence-corrected chi connectivity index (χ1v) is 10.2. The van der Waals surface area contributed by atoms with Crippen LogP contribution in [-0.4, -0.2) is 50.1 Å². The van der Waals surface area contributed by atoms with Crippen molar-refractivity contribution in [2.75, 3.05) is 19.7 Å². The molecule has 1 saturated heterocycles. The smallest absolute Gasteiger partial charge is 0.280 e. The van der Waals surface area contributed by atoms with E-state index in [1.807, 2.05) is 0 Å². The lowest BCUT2D eigenvalue weighted by molar-refractivity contribution is -0.132. The van der Waals surface area contributed by atoms with Gasteiger partial charge in [-0.25, -0.2) is 18.2 Å². The second-order valence-corrected chi connectivity index (χ2v) is 7.44. The van der Waals surface area contributed by atoms with Crippen LogP contribution in [0.4, 0.5) is 13.2 Å². The third-order valence-corrected chi connectivity index (χ3v) is 5.34. The van der Waals surface area contributed by atoms with E-state index >= 15 is 0 Å². The number of halogens is 3. The molecule has 0 saturated carbocycles. The Morgan fingerprint density at radius 2 is 2.13 bits per heavy atom. The zero-order valence-corrected chi connectivity index (χ0v) is 16.8. The van der Waals surface area contributed by atoms with Gasteiger partial charge < -0.3 is 9.64 Å². The van der Waals surface area contributed by atoms with E-state index in [1.165, 1.54) is 18.5 Å². The van der Waals surface area contributed by atoms with Crippen LogP contribution in [0.1, 0.15) is 49.4 Å². The number of carbonyl (C=O) groups excluding carboxylic acids is 1. The SMILES string of the molecule is O=C(CCCOc1ccccc1F)N1CCCC(c2cc(C(F)F)n3ncnc3n2)C1. The number of hydrogen-bond donors (Lipinski definition) is 0. The standard InChI is InChI=1S/C21H22F3N5O2/c22-15-6-1-2-7-18(15)31-10-4-8-19(30)28-9-3-5-14(12-28)16-11-17(20(23)24)29-21(27-16)25-13-26-29/h1-2,6-7,11,13-14,20H,3-5,8-10,12H2. The summed E-state index contributed by atoms with van der Waals surface area (Å²) in [5, 5.41) is 3.80. The van der Waals surface area contributed by atoms with Gasteiger partial charge in [-0.1, -0.05) is 12.1 Å². The Bertz CT molecular complexity index is 1060. The first kappa shape index (κ1) is 21.1. The molecule has 0 aliphatic carbocycles. The molecular weight excluding hydrogens is 411 g/mol. The average Bonchev–Trinajstić information content (AvgIpc) is 3.25. The summed E-state index contributed by atoms with van der Waals surface area (Å²) in [6.07, 6.45) is 0.708. The first-order valence-electron chi connectivity index (χ1n) is 10.2. The van der Waals surface area contributed by atoms with Gasteiger partial charge in [-0.15, -0.1) is 0 Å². The lowest BCUT2D eigenvalue weighted by Gasteiger charge is -2.32. The highest BCUT2D eigenvalue weighted by atomic mass is 19.3. The number of nitrogens with zero attached hydrogens (tertiary/aromatic N) is 5. The summed E-state index contributed by atoms with van der Waals surface area (Å²) in [6, 6.07) is 7.48. The number of alkyl halides is 2. The van der Waals surface area contributed by atoms with Gasteiger partial charge in [0.2, 0.25) is 5.91 Å². The van der Waals surface area contributed by atoms with Crippen LogP contribution in [0.3, 0.4) is 0 Å². The summed E-state index contributed by atoms with van der Waals surface area (Å²) < 4.78 is 46.9. The largest absolute Gasteiger partial charge is 0.491 e. The molecule has 1 aromatic carbocycles. The Kier molecular flexibility index (Phi) is 6.34. The van der Waals surface area contributed by atoms with Gasteiger partial charge in [-0.2, -0.15) is 14.6 Å². The predicted molar refractivity (Wildman–Crippen MR) is 105 cm³/mol. The normalized spacial score (nSPS) is 16.8. The molecule has 1 amide bonds. The summed E-state index contributed by atoms with van der Waals surface area (Å²) in [6.45, 7) is 1.25. The summed E-state index contributed by atoms with van der Waals surface area (Å²) in [7, 11) is 0. The van der Waals surface area contributed by atoms with Crippen molar-refractivity contribution in [3.63, 3.8) is 0 Å². The van der Waals surface area contributed by atoms with E-state index in [9.17, 15) is 18.0 Å². The van der Waals surface area contributed by atoms with Crippen molar-refractivity contribution >= 4 is 11.7 Å². The van der Waals surface area contributed by atoms with E-state index in [4.69, 9.17) is 4.74 Å². The minimum Gasteiger partial charge on any atom is -0.491 e. The van der Waals surface area contributed by atoms with E-state index in [2.05, 4.69) is 15.1 Å². The van der Waals surface area contributed by atoms with Crippen molar-refractivity contribution in [1.29, 1.82) is 0 Å². The van der Waals surface area contributed by atoms with E-state index in [0.717, 1.165) is 17.4 Å². The molecule has 3 heterocycles. The lowest BCUT2D eigenvalue weighted by atomic mass is 9.94. The maximum absolute atomic E-state index is 13.6. The van der Waals surface area contributed by atoms with Crippen LogP contribution in [0.15, 0.2) is 36.7 Å². The fourth-order valence-corrected chi connectivity index (χ4v) is 3.79. The molecule has 164 valence electrons. The van der Waals surface area contributed by atoms with Crippen molar-refractivity contribution in [1.82, 2.24) is 24.5 Å². The minimum atomic E-state index is -2.71. The van der Waals surface area contributed by atoms with Crippen molar-refractivity contribution < 1.29 is 22.7 Å². The Hall–Kier alpha value is -3.17. The van der Waals surface area contributed by atoms with Crippen LogP contribution in [0, 0.1) is 5.82 Å². The fraction of sp³-hybridized carbons (Fsp3) is 0.429. The molecule has 2 aromatic heterocycles. The van der Waals surface area contributed by atoms with Crippen molar-refractivity contribution in [3.05, 3.63) is 53.9 Å². The highest BCUT2D eigenvalue weighted by Gasteiger charge is 2.27. The maximum atomic E-state index is 13.6. The Morgan fingerprint density at radius 3 is 2.94 bits per heavy atom. The molecule has 7 nitrogen and oxygen atoms in total. The Labute approximate surface area is 176 Å². The molecule has 0 bridgehead atoms. The van der Waals surface area contributed by atoms with E-state index in [0.29, 0.717) is 25.2 Å².